The summed E-state index contributed by atoms with van der Waals surface area (Å²) in [7, 11) is 5.46. The smallest absolute Gasteiger partial charge is 0.383 e. The van der Waals surface area contributed by atoms with Crippen LogP contribution in [0.5, 0.6) is 0 Å². The quantitative estimate of drug-likeness (QED) is 0.326. The highest BCUT2D eigenvalue weighted by molar-refractivity contribution is 6.49. The first-order valence-corrected chi connectivity index (χ1v) is 14.5. The third kappa shape index (κ3) is 8.43. The molecule has 2 aliphatic rings. The molecule has 2 aromatic carbocycles. The highest BCUT2D eigenvalue weighted by atomic mass is 19.4. The molecule has 2 heterocycles. The van der Waals surface area contributed by atoms with Crippen molar-refractivity contribution in [3.05, 3.63) is 77.4 Å². The van der Waals surface area contributed by atoms with Crippen LogP contribution in [0.2, 0.25) is 0 Å². The molecule has 1 saturated heterocycles. The number of rotatable bonds is 9. The number of benzene rings is 2. The SMILES string of the molecule is C=C/N=C1/C(N)=NC(N2CCOCC2)=N/C1=C(/N)Nc1cc(C(=O)Nc2cc(N(C)CCN(C)C)cc(C(F)(F)F)c2)ccc1C. The van der Waals surface area contributed by atoms with Gasteiger partial charge in [0.15, 0.2) is 5.84 Å². The average Bonchev–Trinajstić information content (AvgIpc) is 3.01. The van der Waals surface area contributed by atoms with Crippen molar-refractivity contribution in [2.24, 2.45) is 26.4 Å². The molecule has 0 aliphatic carbocycles. The number of halogens is 3. The van der Waals surface area contributed by atoms with Crippen molar-refractivity contribution in [3.8, 4) is 0 Å². The van der Waals surface area contributed by atoms with Crippen molar-refractivity contribution in [3.63, 3.8) is 0 Å². The summed E-state index contributed by atoms with van der Waals surface area (Å²) in [6.45, 7) is 8.73. The molecule has 12 nitrogen and oxygen atoms in total. The fourth-order valence-electron chi connectivity index (χ4n) is 4.62. The van der Waals surface area contributed by atoms with Gasteiger partial charge in [-0.25, -0.2) is 4.99 Å². The number of amides is 1. The van der Waals surface area contributed by atoms with Gasteiger partial charge in [-0.2, -0.15) is 18.2 Å². The highest BCUT2D eigenvalue weighted by Gasteiger charge is 2.32. The number of nitrogens with one attached hydrogen (secondary N) is 2. The second-order valence-corrected chi connectivity index (χ2v) is 11.0. The van der Waals surface area contributed by atoms with E-state index < -0.39 is 17.6 Å². The third-order valence-corrected chi connectivity index (χ3v) is 7.26. The maximum atomic E-state index is 13.8. The number of morpholine rings is 1. The first kappa shape index (κ1) is 34.0. The summed E-state index contributed by atoms with van der Waals surface area (Å²) in [4.78, 5) is 32.1. The Balaban J connectivity index is 1.62. The lowest BCUT2D eigenvalue weighted by atomic mass is 10.1. The summed E-state index contributed by atoms with van der Waals surface area (Å²) in [5.74, 6) is -0.0470. The van der Waals surface area contributed by atoms with Gasteiger partial charge in [0, 0.05) is 62.1 Å². The molecule has 0 bridgehead atoms. The van der Waals surface area contributed by atoms with Gasteiger partial charge in [-0.1, -0.05) is 12.6 Å². The average molecular weight is 641 g/mol. The van der Waals surface area contributed by atoms with Crippen LogP contribution in [0.1, 0.15) is 21.5 Å². The van der Waals surface area contributed by atoms with Gasteiger partial charge in [-0.05, 0) is 56.9 Å². The zero-order valence-electron chi connectivity index (χ0n) is 26.3. The molecule has 0 unspecified atom stereocenters. The van der Waals surface area contributed by atoms with Crippen LogP contribution >= 0.6 is 0 Å². The Morgan fingerprint density at radius 2 is 1.83 bits per heavy atom. The molecule has 1 amide bonds. The van der Waals surface area contributed by atoms with E-state index in [1.807, 2.05) is 30.8 Å². The predicted molar refractivity (Wildman–Crippen MR) is 176 cm³/mol. The maximum absolute atomic E-state index is 13.8. The fourth-order valence-corrected chi connectivity index (χ4v) is 4.62. The molecule has 2 aromatic rings. The number of ether oxygens (including phenoxy) is 1. The summed E-state index contributed by atoms with van der Waals surface area (Å²) in [6.07, 6.45) is -3.30. The molecule has 2 aliphatic heterocycles. The normalized spacial score (nSPS) is 17.4. The molecule has 246 valence electrons. The van der Waals surface area contributed by atoms with E-state index in [-0.39, 0.29) is 34.3 Å². The van der Waals surface area contributed by atoms with Gasteiger partial charge in [0.2, 0.25) is 5.96 Å². The zero-order valence-corrected chi connectivity index (χ0v) is 26.3. The largest absolute Gasteiger partial charge is 0.416 e. The second-order valence-electron chi connectivity index (χ2n) is 11.0. The van der Waals surface area contributed by atoms with Crippen LogP contribution in [0, 0.1) is 6.92 Å². The van der Waals surface area contributed by atoms with Gasteiger partial charge in [-0.15, -0.1) is 0 Å². The van der Waals surface area contributed by atoms with Crippen molar-refractivity contribution < 1.29 is 22.7 Å². The predicted octanol–water partition coefficient (Wildman–Crippen LogP) is 3.45. The standard InChI is InChI=1S/C31H39F3N10O2/c1-6-37-25-26(40-30(41-27(25)35)44-11-13-46-14-12-44)28(36)39-24-15-20(8-7-19(24)2)29(45)38-22-16-21(31(32,33)34)17-23(18-22)43(5)10-9-42(3)4/h6-8,15-18,39H,1,9-14,36H2,2-5H3,(H,38,45)(H2,35,40,41)/b28-26-,37-25+. The van der Waals surface area contributed by atoms with Gasteiger partial charge in [0.05, 0.1) is 18.8 Å². The Morgan fingerprint density at radius 3 is 2.48 bits per heavy atom. The number of alkyl halides is 3. The number of guanidine groups is 1. The molecule has 6 N–H and O–H groups in total. The van der Waals surface area contributed by atoms with E-state index in [1.54, 1.807) is 30.1 Å². The topological polar surface area (TPSA) is 149 Å². The van der Waals surface area contributed by atoms with E-state index in [0.717, 1.165) is 17.7 Å². The molecule has 0 atom stereocenters. The molecule has 0 aromatic heterocycles. The van der Waals surface area contributed by atoms with Crippen LogP contribution in [0.15, 0.2) is 75.7 Å². The molecule has 46 heavy (non-hydrogen) atoms. The molecule has 15 heteroatoms. The monoisotopic (exact) mass is 640 g/mol. The molecular weight excluding hydrogens is 601 g/mol. The Bertz CT molecular complexity index is 1590. The minimum atomic E-state index is -4.60. The minimum absolute atomic E-state index is 0.00969. The second kappa shape index (κ2) is 14.5. The Labute approximate surface area is 266 Å². The Morgan fingerprint density at radius 1 is 1.11 bits per heavy atom. The number of anilines is 3. The van der Waals surface area contributed by atoms with Crippen molar-refractivity contribution in [2.45, 2.75) is 13.1 Å². The van der Waals surface area contributed by atoms with E-state index in [1.165, 1.54) is 12.3 Å². The van der Waals surface area contributed by atoms with E-state index in [9.17, 15) is 18.0 Å². The van der Waals surface area contributed by atoms with Gasteiger partial charge in [0.1, 0.15) is 17.2 Å². The van der Waals surface area contributed by atoms with Crippen LogP contribution in [0.3, 0.4) is 0 Å². The molecule has 0 radical (unpaired) electrons. The van der Waals surface area contributed by atoms with Crippen LogP contribution in [-0.2, 0) is 10.9 Å². The molecule has 1 fully saturated rings. The van der Waals surface area contributed by atoms with Crippen molar-refractivity contribution >= 4 is 40.5 Å². The summed E-state index contributed by atoms with van der Waals surface area (Å²) in [6, 6.07) is 8.30. The van der Waals surface area contributed by atoms with Crippen molar-refractivity contribution in [2.75, 3.05) is 76.1 Å². The summed E-state index contributed by atoms with van der Waals surface area (Å²) in [5, 5.41) is 5.71. The molecule has 0 spiro atoms. The van der Waals surface area contributed by atoms with Crippen LogP contribution in [0.4, 0.5) is 30.2 Å². The van der Waals surface area contributed by atoms with E-state index in [0.29, 0.717) is 56.7 Å². The number of carbonyl (C=O) groups is 1. The summed E-state index contributed by atoms with van der Waals surface area (Å²) < 4.78 is 46.8. The van der Waals surface area contributed by atoms with E-state index >= 15 is 0 Å². The van der Waals surface area contributed by atoms with Gasteiger partial charge >= 0.3 is 6.18 Å². The number of likely N-dealkylation sites (N-methyl/N-ethyl adjacent to an activating group) is 2. The number of amidine groups is 1. The summed E-state index contributed by atoms with van der Waals surface area (Å²) >= 11 is 0. The first-order valence-electron chi connectivity index (χ1n) is 14.5. The first-order chi connectivity index (χ1) is 21.8. The van der Waals surface area contributed by atoms with E-state index in [2.05, 4.69) is 32.2 Å². The minimum Gasteiger partial charge on any atom is -0.383 e. The summed E-state index contributed by atoms with van der Waals surface area (Å²) in [5.41, 5.74) is 14.0. The number of hydrogen-bond donors (Lipinski definition) is 4. The van der Waals surface area contributed by atoms with Crippen LogP contribution in [0.25, 0.3) is 0 Å². The lowest BCUT2D eigenvalue weighted by Gasteiger charge is -2.29. The number of nitrogens with two attached hydrogens (primary N) is 2. The number of aliphatic imine (C=N–C) groups is 3. The van der Waals surface area contributed by atoms with Crippen molar-refractivity contribution in [1.82, 2.24) is 9.80 Å². The highest BCUT2D eigenvalue weighted by Crippen LogP contribution is 2.34. The fraction of sp³-hybridized carbons (Fsp3) is 0.355. The van der Waals surface area contributed by atoms with Crippen LogP contribution < -0.4 is 27.0 Å². The number of hydrogen-bond acceptors (Lipinski definition) is 11. The zero-order chi connectivity index (χ0) is 33.6. The van der Waals surface area contributed by atoms with Crippen LogP contribution in [-0.4, -0.2) is 93.7 Å². The lowest BCUT2D eigenvalue weighted by molar-refractivity contribution is -0.137. The van der Waals surface area contributed by atoms with E-state index in [4.69, 9.17) is 16.2 Å². The maximum Gasteiger partial charge on any atom is 0.416 e. The lowest BCUT2D eigenvalue weighted by Crippen LogP contribution is -2.43. The van der Waals surface area contributed by atoms with Gasteiger partial charge in [-0.3, -0.25) is 9.79 Å². The van der Waals surface area contributed by atoms with Crippen molar-refractivity contribution in [1.29, 1.82) is 0 Å². The molecular formula is C31H39F3N10O2. The number of nitrogens with zero attached hydrogens (tertiary/aromatic N) is 6. The Kier molecular flexibility index (Phi) is 10.7. The van der Waals surface area contributed by atoms with Gasteiger partial charge in [0.25, 0.3) is 5.91 Å². The molecule has 0 saturated carbocycles. The third-order valence-electron chi connectivity index (χ3n) is 7.26. The van der Waals surface area contributed by atoms with Gasteiger partial charge < -0.3 is 41.5 Å². The molecule has 4 rings (SSSR count). The number of carbonyl (C=O) groups excluding carboxylic acids is 1. The Hall–Kier alpha value is -4.89. The number of aryl methyl sites for hydroxylation is 1.